The Kier molecular flexibility index (Phi) is 4.21. The van der Waals surface area contributed by atoms with Crippen LogP contribution >= 0.6 is 0 Å². The molecule has 0 aliphatic carbocycles. The smallest absolute Gasteiger partial charge is 0.247 e. The molecular formula is C21H17N3O2. The number of benzene rings is 3. The molecule has 3 aromatic carbocycles. The minimum atomic E-state index is -0.433. The number of carbonyl (C=O) groups excluding carboxylic acids is 1. The van der Waals surface area contributed by atoms with Gasteiger partial charge in [0, 0.05) is 16.5 Å². The minimum absolute atomic E-state index is 0.137. The zero-order valence-corrected chi connectivity index (χ0v) is 13.9. The number of carbonyl (C=O) groups is 1. The van der Waals surface area contributed by atoms with E-state index in [1.54, 1.807) is 5.48 Å². The summed E-state index contributed by atoms with van der Waals surface area (Å²) in [5.74, 6) is -0.433. The molecule has 5 heteroatoms. The monoisotopic (exact) mass is 343 g/mol. The molecule has 0 aliphatic rings. The van der Waals surface area contributed by atoms with Crippen molar-refractivity contribution < 1.29 is 10.0 Å². The molecule has 26 heavy (non-hydrogen) atoms. The summed E-state index contributed by atoms with van der Waals surface area (Å²) in [7, 11) is 0. The number of hydrogen-bond acceptors (Lipinski definition) is 4. The lowest BCUT2D eigenvalue weighted by Crippen LogP contribution is -2.20. The Hall–Kier alpha value is -3.44. The first-order chi connectivity index (χ1) is 12.7. The number of aromatic nitrogens is 1. The van der Waals surface area contributed by atoms with Crippen LogP contribution in [0.3, 0.4) is 0 Å². The van der Waals surface area contributed by atoms with E-state index in [1.165, 1.54) is 0 Å². The molecule has 0 radical (unpaired) electrons. The molecule has 0 spiro atoms. The summed E-state index contributed by atoms with van der Waals surface area (Å²) in [6.07, 6.45) is 0.137. The third kappa shape index (κ3) is 3.08. The van der Waals surface area contributed by atoms with Crippen LogP contribution < -0.4 is 10.8 Å². The average molecular weight is 343 g/mol. The van der Waals surface area contributed by atoms with Crippen molar-refractivity contribution in [2.75, 3.05) is 5.32 Å². The largest absolute Gasteiger partial charge is 0.354 e. The molecule has 4 rings (SSSR count). The lowest BCUT2D eigenvalue weighted by Gasteiger charge is -2.13. The summed E-state index contributed by atoms with van der Waals surface area (Å²) in [6, 6.07) is 23.6. The summed E-state index contributed by atoms with van der Waals surface area (Å²) in [6.45, 7) is 0. The van der Waals surface area contributed by atoms with Gasteiger partial charge in [0.05, 0.1) is 23.1 Å². The van der Waals surface area contributed by atoms with Gasteiger partial charge >= 0.3 is 0 Å². The number of pyridine rings is 1. The maximum atomic E-state index is 11.3. The van der Waals surface area contributed by atoms with Crippen molar-refractivity contribution in [1.82, 2.24) is 10.5 Å². The van der Waals surface area contributed by atoms with Crippen LogP contribution in [0, 0.1) is 0 Å². The van der Waals surface area contributed by atoms with Gasteiger partial charge in [0.1, 0.15) is 0 Å². The Bertz CT molecular complexity index is 1040. The second kappa shape index (κ2) is 6.82. The first-order valence-corrected chi connectivity index (χ1v) is 8.31. The minimum Gasteiger partial charge on any atom is -0.354 e. The number of nitrogens with zero attached hydrogens (tertiary/aromatic N) is 1. The van der Waals surface area contributed by atoms with E-state index in [2.05, 4.69) is 17.4 Å². The SMILES string of the molecule is O=C(Cc1ccc(Nc2c3ccccc3nc3ccccc23)cc1)NO. The molecule has 0 aliphatic heterocycles. The van der Waals surface area contributed by atoms with E-state index < -0.39 is 5.91 Å². The van der Waals surface area contributed by atoms with E-state index in [4.69, 9.17) is 10.2 Å². The predicted octanol–water partition coefficient (Wildman–Crippen LogP) is 4.18. The number of anilines is 2. The number of rotatable bonds is 4. The Balaban J connectivity index is 1.75. The number of hydroxylamine groups is 1. The second-order valence-corrected chi connectivity index (χ2v) is 6.05. The van der Waals surface area contributed by atoms with Gasteiger partial charge in [-0.1, -0.05) is 48.5 Å². The van der Waals surface area contributed by atoms with Crippen LogP contribution in [0.1, 0.15) is 5.56 Å². The van der Waals surface area contributed by atoms with Crippen molar-refractivity contribution >= 4 is 39.1 Å². The van der Waals surface area contributed by atoms with Gasteiger partial charge in [-0.3, -0.25) is 10.0 Å². The van der Waals surface area contributed by atoms with Crippen molar-refractivity contribution in [2.24, 2.45) is 0 Å². The van der Waals surface area contributed by atoms with Crippen molar-refractivity contribution in [2.45, 2.75) is 6.42 Å². The lowest BCUT2D eigenvalue weighted by atomic mass is 10.1. The van der Waals surface area contributed by atoms with E-state index >= 15 is 0 Å². The summed E-state index contributed by atoms with van der Waals surface area (Å²) in [5, 5.41) is 14.2. The van der Waals surface area contributed by atoms with E-state index in [9.17, 15) is 4.79 Å². The molecule has 1 aromatic heterocycles. The zero-order valence-electron chi connectivity index (χ0n) is 13.9. The number of amides is 1. The molecule has 1 amide bonds. The third-order valence-corrected chi connectivity index (χ3v) is 4.30. The first kappa shape index (κ1) is 16.1. The highest BCUT2D eigenvalue weighted by atomic mass is 16.5. The molecule has 1 heterocycles. The maximum absolute atomic E-state index is 11.3. The van der Waals surface area contributed by atoms with Gasteiger partial charge < -0.3 is 5.32 Å². The summed E-state index contributed by atoms with van der Waals surface area (Å²) >= 11 is 0. The quantitative estimate of drug-likeness (QED) is 0.295. The molecule has 0 atom stereocenters. The number of nitrogens with one attached hydrogen (secondary N) is 2. The van der Waals surface area contributed by atoms with Crippen LogP contribution in [0.2, 0.25) is 0 Å². The number of para-hydroxylation sites is 2. The molecule has 0 saturated heterocycles. The highest BCUT2D eigenvalue weighted by Gasteiger charge is 2.09. The van der Waals surface area contributed by atoms with Crippen LogP contribution in [0.15, 0.2) is 72.8 Å². The zero-order chi connectivity index (χ0) is 17.9. The second-order valence-electron chi connectivity index (χ2n) is 6.05. The lowest BCUT2D eigenvalue weighted by molar-refractivity contribution is -0.128. The summed E-state index contributed by atoms with van der Waals surface area (Å²) in [4.78, 5) is 16.0. The van der Waals surface area contributed by atoms with Crippen LogP contribution in [0.25, 0.3) is 21.8 Å². The molecule has 0 bridgehead atoms. The molecular weight excluding hydrogens is 326 g/mol. The fourth-order valence-corrected chi connectivity index (χ4v) is 3.05. The number of fused-ring (bicyclic) bond motifs is 2. The van der Waals surface area contributed by atoms with Gasteiger partial charge in [0.25, 0.3) is 0 Å². The van der Waals surface area contributed by atoms with Gasteiger partial charge in [-0.15, -0.1) is 0 Å². The fourth-order valence-electron chi connectivity index (χ4n) is 3.05. The van der Waals surface area contributed by atoms with E-state index in [0.717, 1.165) is 38.7 Å². The van der Waals surface area contributed by atoms with Crippen molar-refractivity contribution in [3.63, 3.8) is 0 Å². The van der Waals surface area contributed by atoms with Crippen LogP contribution in [-0.2, 0) is 11.2 Å². The standard InChI is InChI=1S/C21H17N3O2/c25-20(24-26)13-14-9-11-15(12-10-14)22-21-16-5-1-3-7-18(16)23-19-8-4-2-6-17(19)21/h1-12,26H,13H2,(H,22,23)(H,24,25). The average Bonchev–Trinajstić information content (AvgIpc) is 2.69. The highest BCUT2D eigenvalue weighted by Crippen LogP contribution is 2.32. The van der Waals surface area contributed by atoms with E-state index in [1.807, 2.05) is 60.7 Å². The van der Waals surface area contributed by atoms with E-state index in [-0.39, 0.29) is 6.42 Å². The molecule has 0 saturated carbocycles. The van der Waals surface area contributed by atoms with Gasteiger partial charge in [0.2, 0.25) is 5.91 Å². The molecule has 4 aromatic rings. The van der Waals surface area contributed by atoms with Crippen molar-refractivity contribution in [1.29, 1.82) is 0 Å². The summed E-state index contributed by atoms with van der Waals surface area (Å²) in [5.41, 5.74) is 6.27. The van der Waals surface area contributed by atoms with Crippen LogP contribution in [-0.4, -0.2) is 16.1 Å². The highest BCUT2D eigenvalue weighted by molar-refractivity contribution is 6.08. The Labute approximate surface area is 150 Å². The Morgan fingerprint density at radius 3 is 2.00 bits per heavy atom. The molecule has 5 nitrogen and oxygen atoms in total. The predicted molar refractivity (Wildman–Crippen MR) is 103 cm³/mol. The van der Waals surface area contributed by atoms with Gasteiger partial charge in [0.15, 0.2) is 0 Å². The normalized spacial score (nSPS) is 10.8. The van der Waals surface area contributed by atoms with Crippen LogP contribution in [0.5, 0.6) is 0 Å². The van der Waals surface area contributed by atoms with Gasteiger partial charge in [-0.2, -0.15) is 0 Å². The number of hydrogen-bond donors (Lipinski definition) is 3. The Morgan fingerprint density at radius 1 is 0.846 bits per heavy atom. The van der Waals surface area contributed by atoms with Gasteiger partial charge in [-0.05, 0) is 29.8 Å². The third-order valence-electron chi connectivity index (χ3n) is 4.30. The van der Waals surface area contributed by atoms with Crippen molar-refractivity contribution in [3.8, 4) is 0 Å². The summed E-state index contributed by atoms with van der Waals surface area (Å²) < 4.78 is 0. The molecule has 0 unspecified atom stereocenters. The topological polar surface area (TPSA) is 74.2 Å². The molecule has 3 N–H and O–H groups in total. The van der Waals surface area contributed by atoms with Gasteiger partial charge in [-0.25, -0.2) is 10.5 Å². The first-order valence-electron chi connectivity index (χ1n) is 8.31. The Morgan fingerprint density at radius 2 is 1.42 bits per heavy atom. The molecule has 128 valence electrons. The van der Waals surface area contributed by atoms with Crippen LogP contribution in [0.4, 0.5) is 11.4 Å². The van der Waals surface area contributed by atoms with Crippen molar-refractivity contribution in [3.05, 3.63) is 78.4 Å². The molecule has 0 fully saturated rings. The fraction of sp³-hybridized carbons (Fsp3) is 0.0476. The maximum Gasteiger partial charge on any atom is 0.247 e. The van der Waals surface area contributed by atoms with E-state index in [0.29, 0.717) is 0 Å².